The molecule has 0 aliphatic heterocycles. The van der Waals surface area contributed by atoms with Gasteiger partial charge in [0, 0.05) is 52.4 Å². The Morgan fingerprint density at radius 1 is 0.973 bits per heavy atom. The number of rotatable bonds is 6. The van der Waals surface area contributed by atoms with Gasteiger partial charge in [0.05, 0.1) is 5.69 Å². The first-order valence-electron chi connectivity index (χ1n) is 11.3. The molecule has 182 valence electrons. The average Bonchev–Trinajstić information content (AvgIpc) is 2.90. The molecule has 3 heterocycles. The van der Waals surface area contributed by atoms with Crippen LogP contribution in [-0.4, -0.2) is 25.4 Å². The molecule has 37 heavy (non-hydrogen) atoms. The molecule has 0 spiro atoms. The molecule has 0 aliphatic rings. The van der Waals surface area contributed by atoms with Crippen molar-refractivity contribution in [3.05, 3.63) is 129 Å². The fraction of sp³-hybridized carbons (Fsp3) is 0.0357. The molecule has 5 aromatic rings. The van der Waals surface area contributed by atoms with Crippen LogP contribution in [0.1, 0.15) is 16.8 Å². The monoisotopic (exact) mass is 527 g/mol. The van der Waals surface area contributed by atoms with Gasteiger partial charge in [0.2, 0.25) is 5.91 Å². The highest BCUT2D eigenvalue weighted by Crippen LogP contribution is 2.25. The second-order valence-electron chi connectivity index (χ2n) is 8.09. The Morgan fingerprint density at radius 3 is 2.54 bits per heavy atom. The van der Waals surface area contributed by atoms with Crippen LogP contribution in [0.2, 0.25) is 10.0 Å². The normalized spacial score (nSPS) is 11.2. The van der Waals surface area contributed by atoms with Crippen molar-refractivity contribution in [1.82, 2.24) is 19.5 Å². The Balaban J connectivity index is 1.49. The number of pyridine rings is 2. The van der Waals surface area contributed by atoms with Gasteiger partial charge in [0.25, 0.3) is 5.56 Å². The molecule has 2 aromatic carbocycles. The van der Waals surface area contributed by atoms with Gasteiger partial charge in [-0.05, 0) is 60.2 Å². The van der Waals surface area contributed by atoms with E-state index in [2.05, 4.69) is 20.3 Å². The highest BCUT2D eigenvalue weighted by atomic mass is 35.5. The summed E-state index contributed by atoms with van der Waals surface area (Å²) >= 11 is 12.3. The van der Waals surface area contributed by atoms with Crippen molar-refractivity contribution in [2.45, 2.75) is 6.42 Å². The van der Waals surface area contributed by atoms with Crippen LogP contribution in [0.25, 0.3) is 22.9 Å². The van der Waals surface area contributed by atoms with Gasteiger partial charge in [-0.1, -0.05) is 41.4 Å². The summed E-state index contributed by atoms with van der Waals surface area (Å²) in [5, 5.41) is 3.70. The first kappa shape index (κ1) is 24.4. The van der Waals surface area contributed by atoms with Crippen LogP contribution in [-0.2, 0) is 11.2 Å². The van der Waals surface area contributed by atoms with E-state index in [1.807, 2.05) is 12.1 Å². The van der Waals surface area contributed by atoms with Crippen molar-refractivity contribution in [2.75, 3.05) is 5.32 Å². The molecular formula is C28H19Cl2N5O2. The minimum atomic E-state index is -0.379. The lowest BCUT2D eigenvalue weighted by atomic mass is 10.1. The number of nitrogens with zero attached hydrogens (tertiary/aromatic N) is 4. The minimum Gasteiger partial charge on any atom is -0.322 e. The third kappa shape index (κ3) is 5.43. The lowest BCUT2D eigenvalue weighted by molar-refractivity contribution is -0.111. The lowest BCUT2D eigenvalue weighted by Crippen LogP contribution is -2.25. The van der Waals surface area contributed by atoms with Crippen LogP contribution in [0.15, 0.2) is 96.2 Å². The molecule has 1 amide bonds. The Labute approximate surface area is 222 Å². The maximum atomic E-state index is 13.6. The summed E-state index contributed by atoms with van der Waals surface area (Å²) in [5.74, 6) is -0.379. The minimum absolute atomic E-state index is 0.299. The van der Waals surface area contributed by atoms with E-state index in [1.165, 1.54) is 10.6 Å². The van der Waals surface area contributed by atoms with Crippen LogP contribution < -0.4 is 10.9 Å². The second-order valence-corrected chi connectivity index (χ2v) is 8.91. The van der Waals surface area contributed by atoms with Gasteiger partial charge >= 0.3 is 0 Å². The van der Waals surface area contributed by atoms with Gasteiger partial charge < -0.3 is 5.32 Å². The lowest BCUT2D eigenvalue weighted by Gasteiger charge is -2.13. The molecule has 0 unspecified atom stereocenters. The van der Waals surface area contributed by atoms with E-state index in [-0.39, 0.29) is 11.5 Å². The number of amides is 1. The maximum absolute atomic E-state index is 13.6. The van der Waals surface area contributed by atoms with Crippen LogP contribution in [0, 0.1) is 0 Å². The van der Waals surface area contributed by atoms with Gasteiger partial charge in [-0.2, -0.15) is 0 Å². The summed E-state index contributed by atoms with van der Waals surface area (Å²) in [7, 11) is 0. The van der Waals surface area contributed by atoms with Crippen molar-refractivity contribution in [1.29, 1.82) is 0 Å². The van der Waals surface area contributed by atoms with Crippen molar-refractivity contribution < 1.29 is 4.79 Å². The molecule has 0 atom stereocenters. The largest absolute Gasteiger partial charge is 0.322 e. The Bertz CT molecular complexity index is 1680. The molecule has 0 aliphatic carbocycles. The summed E-state index contributed by atoms with van der Waals surface area (Å²) in [4.78, 5) is 39.3. The summed E-state index contributed by atoms with van der Waals surface area (Å²) in [5.41, 5.74) is 3.52. The van der Waals surface area contributed by atoms with Crippen molar-refractivity contribution in [2.24, 2.45) is 0 Å². The topological polar surface area (TPSA) is 89.8 Å². The number of anilines is 1. The standard InChI is InChI=1S/C28H19Cl2N5O2/c29-22-8-2-9-23(30)21(22)11-12-26(36)33-19-6-1-7-20(16-19)35-27-24(10-4-14-32-27)34-25(28(35)37)15-18-5-3-13-31-17-18/h1-14,16-17H,15H2,(H,33,36). The zero-order chi connectivity index (χ0) is 25.8. The second kappa shape index (κ2) is 10.7. The Morgan fingerprint density at radius 2 is 1.76 bits per heavy atom. The number of benzene rings is 2. The van der Waals surface area contributed by atoms with Crippen molar-refractivity contribution in [3.8, 4) is 5.69 Å². The molecule has 7 nitrogen and oxygen atoms in total. The molecule has 0 saturated carbocycles. The molecular weight excluding hydrogens is 509 g/mol. The van der Waals surface area contributed by atoms with Crippen LogP contribution in [0.4, 0.5) is 5.69 Å². The maximum Gasteiger partial charge on any atom is 0.278 e. The van der Waals surface area contributed by atoms with E-state index >= 15 is 0 Å². The summed E-state index contributed by atoms with van der Waals surface area (Å²) in [6.45, 7) is 0. The van der Waals surface area contributed by atoms with E-state index in [9.17, 15) is 9.59 Å². The number of aromatic nitrogens is 4. The van der Waals surface area contributed by atoms with Gasteiger partial charge in [-0.3, -0.25) is 19.1 Å². The fourth-order valence-electron chi connectivity index (χ4n) is 3.85. The highest BCUT2D eigenvalue weighted by Gasteiger charge is 2.15. The number of nitrogens with one attached hydrogen (secondary N) is 1. The molecule has 9 heteroatoms. The predicted octanol–water partition coefficient (Wildman–Crippen LogP) is 5.73. The molecule has 0 radical (unpaired) electrons. The number of carbonyl (C=O) groups is 1. The van der Waals surface area contributed by atoms with Gasteiger partial charge in [-0.25, -0.2) is 9.97 Å². The third-order valence-electron chi connectivity index (χ3n) is 5.55. The number of carbonyl (C=O) groups excluding carboxylic acids is 1. The van der Waals surface area contributed by atoms with Crippen molar-refractivity contribution in [3.63, 3.8) is 0 Å². The van der Waals surface area contributed by atoms with E-state index in [0.29, 0.717) is 50.3 Å². The molecule has 1 N–H and O–H groups in total. The number of fused-ring (bicyclic) bond motifs is 1. The van der Waals surface area contributed by atoms with Gasteiger partial charge in [0.15, 0.2) is 5.65 Å². The van der Waals surface area contributed by atoms with Gasteiger partial charge in [0.1, 0.15) is 11.2 Å². The summed E-state index contributed by atoms with van der Waals surface area (Å²) in [6, 6.07) is 19.4. The first-order chi connectivity index (χ1) is 18.0. The number of hydrogen-bond donors (Lipinski definition) is 1. The molecule has 5 rings (SSSR count). The Kier molecular flexibility index (Phi) is 7.07. The molecule has 0 bridgehead atoms. The summed E-state index contributed by atoms with van der Waals surface area (Å²) < 4.78 is 1.50. The summed E-state index contributed by atoms with van der Waals surface area (Å²) in [6.07, 6.45) is 8.22. The number of halogens is 2. The van der Waals surface area contributed by atoms with Crippen LogP contribution in [0.5, 0.6) is 0 Å². The zero-order valence-electron chi connectivity index (χ0n) is 19.3. The average molecular weight is 528 g/mol. The van der Waals surface area contributed by atoms with E-state index in [0.717, 1.165) is 5.56 Å². The van der Waals surface area contributed by atoms with Crippen molar-refractivity contribution >= 4 is 52.0 Å². The van der Waals surface area contributed by atoms with Gasteiger partial charge in [-0.15, -0.1) is 0 Å². The first-order valence-corrected chi connectivity index (χ1v) is 12.0. The van der Waals surface area contributed by atoms with E-state index < -0.39 is 0 Å². The predicted molar refractivity (Wildman–Crippen MR) is 146 cm³/mol. The van der Waals surface area contributed by atoms with Crippen LogP contribution >= 0.6 is 23.2 Å². The van der Waals surface area contributed by atoms with Crippen LogP contribution in [0.3, 0.4) is 0 Å². The zero-order valence-corrected chi connectivity index (χ0v) is 20.8. The SMILES string of the molecule is O=C(C=Cc1c(Cl)cccc1Cl)Nc1cccc(-n2c(=O)c(Cc3cccnc3)nc3cccnc32)c1. The quantitative estimate of drug-likeness (QED) is 0.285. The Hall–Kier alpha value is -4.33. The smallest absolute Gasteiger partial charge is 0.278 e. The highest BCUT2D eigenvalue weighted by molar-refractivity contribution is 6.37. The third-order valence-corrected chi connectivity index (χ3v) is 6.21. The number of hydrogen-bond acceptors (Lipinski definition) is 5. The molecule has 0 saturated heterocycles. The fourth-order valence-corrected chi connectivity index (χ4v) is 4.38. The van der Waals surface area contributed by atoms with E-state index in [1.54, 1.807) is 79.3 Å². The molecule has 0 fully saturated rings. The van der Waals surface area contributed by atoms with E-state index in [4.69, 9.17) is 23.2 Å². The molecule has 3 aromatic heterocycles.